The van der Waals surface area contributed by atoms with Gasteiger partial charge in [-0.25, -0.2) is 4.98 Å². The number of oxazole rings is 1. The predicted octanol–water partition coefficient (Wildman–Crippen LogP) is 4.93. The fourth-order valence-corrected chi connectivity index (χ4v) is 3.00. The van der Waals surface area contributed by atoms with Crippen molar-refractivity contribution in [2.75, 3.05) is 0 Å². The first-order chi connectivity index (χ1) is 11.3. The monoisotopic (exact) mass is 387 g/mol. The van der Waals surface area contributed by atoms with E-state index in [4.69, 9.17) is 8.83 Å². The number of aromatic nitrogens is 3. The van der Waals surface area contributed by atoms with Crippen molar-refractivity contribution in [2.24, 2.45) is 0 Å². The Bertz CT molecular complexity index is 916. The lowest BCUT2D eigenvalue weighted by Crippen LogP contribution is -1.80. The summed E-state index contributed by atoms with van der Waals surface area (Å²) in [6.07, 6.45) is 0. The maximum absolute atomic E-state index is 5.68. The normalized spacial score (nSPS) is 11.2. The van der Waals surface area contributed by atoms with Crippen LogP contribution in [-0.4, -0.2) is 15.2 Å². The number of halogens is 1. The molecule has 0 unspecified atom stereocenters. The van der Waals surface area contributed by atoms with Gasteiger partial charge in [0, 0.05) is 10.0 Å². The molecule has 4 aromatic rings. The van der Waals surface area contributed by atoms with Gasteiger partial charge in [-0.3, -0.25) is 0 Å². The molecule has 23 heavy (non-hydrogen) atoms. The van der Waals surface area contributed by atoms with Crippen molar-refractivity contribution in [3.8, 4) is 11.5 Å². The van der Waals surface area contributed by atoms with Crippen LogP contribution in [0.5, 0.6) is 0 Å². The molecule has 0 atom stereocenters. The second kappa shape index (κ2) is 6.17. The third kappa shape index (κ3) is 3.16. The molecule has 0 N–H and O–H groups in total. The molecule has 0 aliphatic rings. The fraction of sp³-hybridized carbons (Fsp3) is 0.0625. The summed E-state index contributed by atoms with van der Waals surface area (Å²) in [6, 6.07) is 15.4. The van der Waals surface area contributed by atoms with Gasteiger partial charge in [-0.1, -0.05) is 39.8 Å². The van der Waals surface area contributed by atoms with E-state index in [-0.39, 0.29) is 0 Å². The van der Waals surface area contributed by atoms with Gasteiger partial charge in [0.2, 0.25) is 11.8 Å². The third-order valence-electron chi connectivity index (χ3n) is 3.15. The highest BCUT2D eigenvalue weighted by Crippen LogP contribution is 2.27. The van der Waals surface area contributed by atoms with E-state index in [9.17, 15) is 0 Å². The lowest BCUT2D eigenvalue weighted by molar-refractivity contribution is 0.486. The zero-order valence-electron chi connectivity index (χ0n) is 11.8. The van der Waals surface area contributed by atoms with Crippen LogP contribution in [0.2, 0.25) is 0 Å². The molecule has 4 rings (SSSR count). The van der Waals surface area contributed by atoms with E-state index in [2.05, 4.69) is 31.1 Å². The zero-order chi connectivity index (χ0) is 15.6. The van der Waals surface area contributed by atoms with E-state index in [1.165, 1.54) is 11.8 Å². The molecule has 0 amide bonds. The number of rotatable bonds is 4. The smallest absolute Gasteiger partial charge is 0.257 e. The molecule has 2 aromatic heterocycles. The van der Waals surface area contributed by atoms with Crippen LogP contribution in [0.1, 0.15) is 5.89 Å². The number of nitrogens with zero attached hydrogens (tertiary/aromatic N) is 3. The average molecular weight is 388 g/mol. The highest BCUT2D eigenvalue weighted by Gasteiger charge is 2.11. The Morgan fingerprint density at radius 1 is 0.957 bits per heavy atom. The first-order valence-corrected chi connectivity index (χ1v) is 8.62. The summed E-state index contributed by atoms with van der Waals surface area (Å²) in [5.41, 5.74) is 2.51. The van der Waals surface area contributed by atoms with Crippen molar-refractivity contribution in [3.05, 3.63) is 58.9 Å². The van der Waals surface area contributed by atoms with Gasteiger partial charge in [0.15, 0.2) is 5.58 Å². The Morgan fingerprint density at radius 2 is 1.78 bits per heavy atom. The predicted molar refractivity (Wildman–Crippen MR) is 91.0 cm³/mol. The van der Waals surface area contributed by atoms with Crippen LogP contribution in [0, 0.1) is 0 Å². The topological polar surface area (TPSA) is 65.0 Å². The largest absolute Gasteiger partial charge is 0.431 e. The highest BCUT2D eigenvalue weighted by atomic mass is 79.9. The summed E-state index contributed by atoms with van der Waals surface area (Å²) in [7, 11) is 0. The van der Waals surface area contributed by atoms with Crippen molar-refractivity contribution < 1.29 is 8.83 Å². The van der Waals surface area contributed by atoms with E-state index < -0.39 is 0 Å². The van der Waals surface area contributed by atoms with Crippen LogP contribution in [-0.2, 0) is 5.75 Å². The molecule has 0 fully saturated rings. The minimum Gasteiger partial charge on any atom is -0.431 e. The first kappa shape index (κ1) is 14.5. The minimum atomic E-state index is 0.505. The third-order valence-corrected chi connectivity index (χ3v) is 4.49. The van der Waals surface area contributed by atoms with Crippen molar-refractivity contribution in [2.45, 2.75) is 11.0 Å². The van der Waals surface area contributed by atoms with Crippen molar-refractivity contribution >= 4 is 38.8 Å². The standard InChI is InChI=1S/C16H10BrN3O2S/c17-11-7-5-10(6-8-11)15-20-19-14(22-15)9-23-16-18-12-3-1-2-4-13(12)21-16/h1-8H,9H2. The summed E-state index contributed by atoms with van der Waals surface area (Å²) in [6.45, 7) is 0. The van der Waals surface area contributed by atoms with Gasteiger partial charge in [-0.2, -0.15) is 0 Å². The van der Waals surface area contributed by atoms with Gasteiger partial charge < -0.3 is 8.83 Å². The Morgan fingerprint density at radius 3 is 2.61 bits per heavy atom. The van der Waals surface area contributed by atoms with Gasteiger partial charge in [-0.05, 0) is 36.4 Å². The van der Waals surface area contributed by atoms with E-state index in [1.54, 1.807) is 0 Å². The molecule has 7 heteroatoms. The van der Waals surface area contributed by atoms with Gasteiger partial charge in [0.05, 0.1) is 5.75 Å². The van der Waals surface area contributed by atoms with Crippen LogP contribution in [0.3, 0.4) is 0 Å². The van der Waals surface area contributed by atoms with E-state index >= 15 is 0 Å². The van der Waals surface area contributed by atoms with Crippen LogP contribution in [0.15, 0.2) is 67.1 Å². The molecular weight excluding hydrogens is 378 g/mol. The van der Waals surface area contributed by atoms with Crippen LogP contribution in [0.4, 0.5) is 0 Å². The molecule has 5 nitrogen and oxygen atoms in total. The number of benzene rings is 2. The van der Waals surface area contributed by atoms with Crippen molar-refractivity contribution in [3.63, 3.8) is 0 Å². The molecule has 2 heterocycles. The van der Waals surface area contributed by atoms with E-state index in [0.29, 0.717) is 22.8 Å². The van der Waals surface area contributed by atoms with E-state index in [0.717, 1.165) is 21.1 Å². The van der Waals surface area contributed by atoms with Crippen LogP contribution in [0.25, 0.3) is 22.6 Å². The Labute approximate surface area is 144 Å². The lowest BCUT2D eigenvalue weighted by atomic mass is 10.2. The summed E-state index contributed by atoms with van der Waals surface area (Å²) in [5, 5.41) is 8.73. The minimum absolute atomic E-state index is 0.505. The average Bonchev–Trinajstić information content (AvgIpc) is 3.20. The number of hydrogen-bond acceptors (Lipinski definition) is 6. The molecule has 0 aliphatic heterocycles. The second-order valence-electron chi connectivity index (χ2n) is 4.74. The van der Waals surface area contributed by atoms with Crippen molar-refractivity contribution in [1.82, 2.24) is 15.2 Å². The fourth-order valence-electron chi connectivity index (χ4n) is 2.06. The quantitative estimate of drug-likeness (QED) is 0.462. The second-order valence-corrected chi connectivity index (χ2v) is 6.59. The molecule has 0 radical (unpaired) electrons. The highest BCUT2D eigenvalue weighted by molar-refractivity contribution is 9.10. The van der Waals surface area contributed by atoms with Crippen LogP contribution >= 0.6 is 27.7 Å². The Balaban J connectivity index is 1.48. The van der Waals surface area contributed by atoms with Crippen molar-refractivity contribution in [1.29, 1.82) is 0 Å². The van der Waals surface area contributed by atoms with Crippen LogP contribution < -0.4 is 0 Å². The van der Waals surface area contributed by atoms with Gasteiger partial charge in [0.25, 0.3) is 5.22 Å². The molecular formula is C16H10BrN3O2S. The molecule has 0 saturated heterocycles. The number of thioether (sulfide) groups is 1. The summed E-state index contributed by atoms with van der Waals surface area (Å²) in [4.78, 5) is 4.40. The molecule has 2 aromatic carbocycles. The van der Waals surface area contributed by atoms with Gasteiger partial charge in [0.1, 0.15) is 5.52 Å². The van der Waals surface area contributed by atoms with Gasteiger partial charge >= 0.3 is 0 Å². The lowest BCUT2D eigenvalue weighted by Gasteiger charge is -1.94. The maximum Gasteiger partial charge on any atom is 0.257 e. The zero-order valence-corrected chi connectivity index (χ0v) is 14.2. The number of hydrogen-bond donors (Lipinski definition) is 0. The Kier molecular flexibility index (Phi) is 3.88. The summed E-state index contributed by atoms with van der Waals surface area (Å²) >= 11 is 4.83. The van der Waals surface area contributed by atoms with E-state index in [1.807, 2.05) is 48.5 Å². The number of para-hydroxylation sites is 2. The summed E-state index contributed by atoms with van der Waals surface area (Å²) in [5.74, 6) is 1.55. The molecule has 114 valence electrons. The molecule has 0 spiro atoms. The molecule has 0 bridgehead atoms. The maximum atomic E-state index is 5.68. The number of fused-ring (bicyclic) bond motifs is 1. The first-order valence-electron chi connectivity index (χ1n) is 6.84. The Hall–Kier alpha value is -2.12. The van der Waals surface area contributed by atoms with Gasteiger partial charge in [-0.15, -0.1) is 10.2 Å². The molecule has 0 saturated carbocycles. The SMILES string of the molecule is Brc1ccc(-c2nnc(CSc3nc4ccccc4o3)o2)cc1. The molecule has 0 aliphatic carbocycles. The summed E-state index contributed by atoms with van der Waals surface area (Å²) < 4.78 is 12.3.